The number of benzene rings is 1. The summed E-state index contributed by atoms with van der Waals surface area (Å²) in [5, 5.41) is 12.4. The highest BCUT2D eigenvalue weighted by Crippen LogP contribution is 2.28. The first-order chi connectivity index (χ1) is 9.90. The van der Waals surface area contributed by atoms with Gasteiger partial charge in [0, 0.05) is 11.0 Å². The first kappa shape index (κ1) is 16.1. The Balaban J connectivity index is 2.18. The molecule has 0 radical (unpaired) electrons. The van der Waals surface area contributed by atoms with Gasteiger partial charge in [0.05, 0.1) is 10.7 Å². The molecule has 2 atom stereocenters. The van der Waals surface area contributed by atoms with Crippen molar-refractivity contribution in [2.75, 3.05) is 11.9 Å². The van der Waals surface area contributed by atoms with Gasteiger partial charge >= 0.3 is 12.0 Å². The number of hydrogen-bond donors (Lipinski definition) is 2. The molecule has 1 fully saturated rings. The fraction of sp³-hybridized carbons (Fsp3) is 0.429. The van der Waals surface area contributed by atoms with Crippen LogP contribution in [0.25, 0.3) is 0 Å². The summed E-state index contributed by atoms with van der Waals surface area (Å²) in [7, 11) is 0. The van der Waals surface area contributed by atoms with Crippen molar-refractivity contribution in [3.8, 4) is 0 Å². The van der Waals surface area contributed by atoms with Gasteiger partial charge in [-0.3, -0.25) is 0 Å². The number of anilines is 1. The highest BCUT2D eigenvalue weighted by Gasteiger charge is 2.37. The summed E-state index contributed by atoms with van der Waals surface area (Å²) in [6.45, 7) is 2.28. The zero-order chi connectivity index (χ0) is 15.6. The first-order valence-electron chi connectivity index (χ1n) is 6.65. The van der Waals surface area contributed by atoms with Crippen molar-refractivity contribution < 1.29 is 14.7 Å². The van der Waals surface area contributed by atoms with Crippen LogP contribution in [-0.2, 0) is 4.79 Å². The number of rotatable bonds is 2. The van der Waals surface area contributed by atoms with Crippen LogP contribution in [0, 0.1) is 5.92 Å². The van der Waals surface area contributed by atoms with Crippen molar-refractivity contribution in [3.05, 3.63) is 27.7 Å². The molecule has 2 rings (SSSR count). The van der Waals surface area contributed by atoms with Crippen LogP contribution in [-0.4, -0.2) is 34.6 Å². The minimum Gasteiger partial charge on any atom is -0.480 e. The van der Waals surface area contributed by atoms with E-state index in [4.69, 9.17) is 11.6 Å². The van der Waals surface area contributed by atoms with E-state index in [1.54, 1.807) is 18.2 Å². The molecule has 1 aromatic carbocycles. The zero-order valence-corrected chi connectivity index (χ0v) is 13.8. The Bertz CT molecular complexity index is 567. The topological polar surface area (TPSA) is 69.6 Å². The third-order valence-electron chi connectivity index (χ3n) is 3.62. The Hall–Kier alpha value is -1.27. The largest absolute Gasteiger partial charge is 0.480 e. The van der Waals surface area contributed by atoms with Crippen molar-refractivity contribution >= 4 is 45.2 Å². The summed E-state index contributed by atoms with van der Waals surface area (Å²) < 4.78 is 0.781. The maximum Gasteiger partial charge on any atom is 0.326 e. The van der Waals surface area contributed by atoms with Crippen LogP contribution in [0.15, 0.2) is 22.7 Å². The summed E-state index contributed by atoms with van der Waals surface area (Å²) >= 11 is 9.35. The average molecular weight is 376 g/mol. The van der Waals surface area contributed by atoms with E-state index in [2.05, 4.69) is 21.2 Å². The van der Waals surface area contributed by atoms with Gasteiger partial charge in [0.1, 0.15) is 6.04 Å². The smallest absolute Gasteiger partial charge is 0.326 e. The normalized spacial score (nSPS) is 22.0. The van der Waals surface area contributed by atoms with Crippen molar-refractivity contribution in [2.45, 2.75) is 25.8 Å². The standard InChI is InChI=1S/C14H16BrClN2O3/c1-8-3-2-6-18(12(8)13(19)20)14(21)17-11-7-9(15)4-5-10(11)16/h4-5,7-8,12H,2-3,6H2,1H3,(H,17,21)(H,19,20). The first-order valence-corrected chi connectivity index (χ1v) is 7.82. The molecule has 21 heavy (non-hydrogen) atoms. The van der Waals surface area contributed by atoms with Crippen LogP contribution < -0.4 is 5.32 Å². The number of carboxylic acid groups (broad SMARTS) is 1. The molecular weight excluding hydrogens is 360 g/mol. The molecule has 1 heterocycles. The van der Waals surface area contributed by atoms with Crippen LogP contribution in [0.5, 0.6) is 0 Å². The lowest BCUT2D eigenvalue weighted by atomic mass is 9.91. The molecule has 2 unspecified atom stereocenters. The number of nitrogens with zero attached hydrogens (tertiary/aromatic N) is 1. The summed E-state index contributed by atoms with van der Waals surface area (Å²) in [4.78, 5) is 25.1. The van der Waals surface area contributed by atoms with Crippen LogP contribution in [0.2, 0.25) is 5.02 Å². The highest BCUT2D eigenvalue weighted by atomic mass is 79.9. The number of piperidine rings is 1. The van der Waals surface area contributed by atoms with E-state index in [1.165, 1.54) is 4.90 Å². The van der Waals surface area contributed by atoms with Crippen molar-refractivity contribution in [2.24, 2.45) is 5.92 Å². The number of carboxylic acids is 1. The summed E-state index contributed by atoms with van der Waals surface area (Å²) in [5.74, 6) is -1.04. The van der Waals surface area contributed by atoms with Crippen molar-refractivity contribution in [3.63, 3.8) is 0 Å². The molecule has 1 aliphatic rings. The molecular formula is C14H16BrClN2O3. The Kier molecular flexibility index (Phi) is 5.11. The lowest BCUT2D eigenvalue weighted by Crippen LogP contribution is -2.53. The maximum absolute atomic E-state index is 12.4. The number of carbonyl (C=O) groups excluding carboxylic acids is 1. The molecule has 2 amide bonds. The van der Waals surface area contributed by atoms with Crippen LogP contribution >= 0.6 is 27.5 Å². The van der Waals surface area contributed by atoms with Gasteiger partial charge in [-0.2, -0.15) is 0 Å². The average Bonchev–Trinajstić information content (AvgIpc) is 2.42. The number of nitrogens with one attached hydrogen (secondary N) is 1. The molecule has 114 valence electrons. The molecule has 1 aromatic rings. The second kappa shape index (κ2) is 6.66. The van der Waals surface area contributed by atoms with Crippen LogP contribution in [0.1, 0.15) is 19.8 Å². The quantitative estimate of drug-likeness (QED) is 0.825. The van der Waals surface area contributed by atoms with E-state index in [9.17, 15) is 14.7 Å². The molecule has 0 aliphatic carbocycles. The number of likely N-dealkylation sites (tertiary alicyclic amines) is 1. The fourth-order valence-corrected chi connectivity index (χ4v) is 3.10. The molecule has 7 heteroatoms. The van der Waals surface area contributed by atoms with Gasteiger partial charge in [-0.25, -0.2) is 9.59 Å². The molecule has 1 saturated heterocycles. The van der Waals surface area contributed by atoms with Gasteiger partial charge < -0.3 is 15.3 Å². The van der Waals surface area contributed by atoms with Crippen molar-refractivity contribution in [1.29, 1.82) is 0 Å². The Morgan fingerprint density at radius 3 is 2.86 bits per heavy atom. The van der Waals surface area contributed by atoms with Gasteiger partial charge in [-0.1, -0.05) is 34.5 Å². The van der Waals surface area contributed by atoms with E-state index < -0.39 is 18.0 Å². The van der Waals surface area contributed by atoms with Gasteiger partial charge in [0.25, 0.3) is 0 Å². The van der Waals surface area contributed by atoms with Gasteiger partial charge in [0.2, 0.25) is 0 Å². The molecule has 0 saturated carbocycles. The summed E-state index contributed by atoms with van der Waals surface area (Å²) in [6, 6.07) is 3.87. The minimum atomic E-state index is -0.974. The Morgan fingerprint density at radius 1 is 1.48 bits per heavy atom. The second-order valence-corrected chi connectivity index (χ2v) is 6.47. The van der Waals surface area contributed by atoms with Crippen LogP contribution in [0.4, 0.5) is 10.5 Å². The van der Waals surface area contributed by atoms with Gasteiger partial charge in [0.15, 0.2) is 0 Å². The molecule has 0 aromatic heterocycles. The van der Waals surface area contributed by atoms with Gasteiger partial charge in [-0.05, 0) is 37.0 Å². The molecule has 5 nitrogen and oxygen atoms in total. The van der Waals surface area contributed by atoms with Crippen LogP contribution in [0.3, 0.4) is 0 Å². The van der Waals surface area contributed by atoms with E-state index >= 15 is 0 Å². The monoisotopic (exact) mass is 374 g/mol. The van der Waals surface area contributed by atoms with Crippen molar-refractivity contribution in [1.82, 2.24) is 4.90 Å². The third-order valence-corrected chi connectivity index (χ3v) is 4.44. The Labute approximate surface area is 136 Å². The Morgan fingerprint density at radius 2 is 2.19 bits per heavy atom. The van der Waals surface area contributed by atoms with E-state index in [0.29, 0.717) is 17.3 Å². The van der Waals surface area contributed by atoms with E-state index in [1.807, 2.05) is 6.92 Å². The lowest BCUT2D eigenvalue weighted by molar-refractivity contribution is -0.145. The number of amides is 2. The fourth-order valence-electron chi connectivity index (χ4n) is 2.57. The number of halogens is 2. The molecule has 0 spiro atoms. The zero-order valence-electron chi connectivity index (χ0n) is 11.5. The predicted molar refractivity (Wildman–Crippen MR) is 84.7 cm³/mol. The summed E-state index contributed by atoms with van der Waals surface area (Å²) in [5.41, 5.74) is 0.457. The SMILES string of the molecule is CC1CCCN(C(=O)Nc2cc(Br)ccc2Cl)C1C(=O)O. The van der Waals surface area contributed by atoms with Gasteiger partial charge in [-0.15, -0.1) is 0 Å². The third kappa shape index (κ3) is 3.68. The lowest BCUT2D eigenvalue weighted by Gasteiger charge is -2.37. The summed E-state index contributed by atoms with van der Waals surface area (Å²) in [6.07, 6.45) is 1.60. The molecule has 2 N–H and O–H groups in total. The second-order valence-electron chi connectivity index (χ2n) is 5.15. The van der Waals surface area contributed by atoms with E-state index in [-0.39, 0.29) is 5.92 Å². The number of hydrogen-bond acceptors (Lipinski definition) is 2. The number of carbonyl (C=O) groups is 2. The minimum absolute atomic E-state index is 0.0695. The maximum atomic E-state index is 12.4. The van der Waals surface area contributed by atoms with E-state index in [0.717, 1.165) is 17.3 Å². The number of aliphatic carboxylic acids is 1. The highest BCUT2D eigenvalue weighted by molar-refractivity contribution is 9.10. The molecule has 0 bridgehead atoms. The number of urea groups is 1. The predicted octanol–water partition coefficient (Wildman–Crippen LogP) is 3.82. The molecule has 1 aliphatic heterocycles.